The van der Waals surface area contributed by atoms with Crippen LogP contribution in [0.5, 0.6) is 0 Å². The van der Waals surface area contributed by atoms with Crippen LogP contribution < -0.4 is 9.62 Å². The smallest absolute Gasteiger partial charge is 0.244 e. The van der Waals surface area contributed by atoms with E-state index >= 15 is 0 Å². The molecule has 0 aliphatic heterocycles. The summed E-state index contributed by atoms with van der Waals surface area (Å²) < 4.78 is 26.9. The van der Waals surface area contributed by atoms with E-state index in [1.54, 1.807) is 0 Å². The molecule has 1 aliphatic rings. The zero-order valence-electron chi connectivity index (χ0n) is 23.9. The fourth-order valence-corrected chi connectivity index (χ4v) is 6.69. The van der Waals surface area contributed by atoms with Gasteiger partial charge in [0.1, 0.15) is 12.6 Å². The summed E-state index contributed by atoms with van der Waals surface area (Å²) in [4.78, 5) is 29.7. The van der Waals surface area contributed by atoms with Crippen LogP contribution in [0, 0.1) is 6.92 Å². The molecule has 0 saturated heterocycles. The molecule has 42 heavy (non-hydrogen) atoms. The van der Waals surface area contributed by atoms with Crippen LogP contribution in [0.1, 0.15) is 48.8 Å². The van der Waals surface area contributed by atoms with Gasteiger partial charge in [-0.1, -0.05) is 103 Å². The van der Waals surface area contributed by atoms with Crippen molar-refractivity contribution >= 4 is 50.7 Å². The first-order valence-electron chi connectivity index (χ1n) is 14.1. The second-order valence-electron chi connectivity index (χ2n) is 10.9. The van der Waals surface area contributed by atoms with E-state index in [0.717, 1.165) is 59.4 Å². The van der Waals surface area contributed by atoms with E-state index in [2.05, 4.69) is 5.32 Å². The van der Waals surface area contributed by atoms with E-state index in [9.17, 15) is 18.0 Å². The number of benzene rings is 3. The van der Waals surface area contributed by atoms with Crippen molar-refractivity contribution < 1.29 is 18.0 Å². The van der Waals surface area contributed by atoms with Gasteiger partial charge < -0.3 is 10.2 Å². The van der Waals surface area contributed by atoms with Crippen molar-refractivity contribution in [2.75, 3.05) is 17.1 Å². The molecule has 1 fully saturated rings. The SMILES string of the molecule is Cc1ccc(CN(C(=O)CN(c2ccc(Cl)cc2Cl)S(C)(=O)=O)C(Cc2ccccc2)C(=O)NC2CCCCC2)cc1. The largest absolute Gasteiger partial charge is 0.352 e. The molecule has 3 aromatic rings. The Balaban J connectivity index is 1.73. The molecule has 2 amide bonds. The molecule has 10 heteroatoms. The van der Waals surface area contributed by atoms with Crippen LogP contribution in [-0.2, 0) is 32.6 Å². The molecule has 1 atom stereocenters. The Kier molecular flexibility index (Phi) is 10.9. The number of carbonyl (C=O) groups excluding carboxylic acids is 2. The lowest BCUT2D eigenvalue weighted by atomic mass is 9.94. The Labute approximate surface area is 258 Å². The maximum atomic E-state index is 14.2. The molecule has 1 unspecified atom stereocenters. The van der Waals surface area contributed by atoms with E-state index in [0.29, 0.717) is 5.02 Å². The number of hydrogen-bond donors (Lipinski definition) is 1. The van der Waals surface area contributed by atoms with Crippen LogP contribution in [0.3, 0.4) is 0 Å². The summed E-state index contributed by atoms with van der Waals surface area (Å²) in [6.07, 6.45) is 6.33. The van der Waals surface area contributed by atoms with Crippen LogP contribution >= 0.6 is 23.2 Å². The summed E-state index contributed by atoms with van der Waals surface area (Å²) in [5.74, 6) is -0.770. The van der Waals surface area contributed by atoms with Crippen molar-refractivity contribution in [1.82, 2.24) is 10.2 Å². The van der Waals surface area contributed by atoms with Crippen LogP contribution in [0.2, 0.25) is 10.0 Å². The van der Waals surface area contributed by atoms with Gasteiger partial charge in [0, 0.05) is 24.0 Å². The van der Waals surface area contributed by atoms with Crippen molar-refractivity contribution in [3.05, 3.63) is 99.5 Å². The molecule has 1 saturated carbocycles. The molecule has 0 heterocycles. The zero-order valence-corrected chi connectivity index (χ0v) is 26.3. The summed E-state index contributed by atoms with van der Waals surface area (Å²) in [6, 6.07) is 20.9. The number of aryl methyl sites for hydroxylation is 1. The standard InChI is InChI=1S/C32H37Cl2N3O4S/c1-23-13-15-25(16-14-23)21-36(31(38)22-37(42(2,40)41)29-18-17-26(33)20-28(29)34)30(19-24-9-5-3-6-10-24)32(39)35-27-11-7-4-8-12-27/h3,5-6,9-10,13-18,20,27,30H,4,7-8,11-12,19,21-22H2,1-2H3,(H,35,39). The Morgan fingerprint density at radius 1 is 0.929 bits per heavy atom. The van der Waals surface area contributed by atoms with Crippen LogP contribution in [0.4, 0.5) is 5.69 Å². The summed E-state index contributed by atoms with van der Waals surface area (Å²) in [6.45, 7) is 1.57. The molecular formula is C32H37Cl2N3O4S. The molecule has 0 radical (unpaired) electrons. The van der Waals surface area contributed by atoms with Gasteiger partial charge >= 0.3 is 0 Å². The summed E-state index contributed by atoms with van der Waals surface area (Å²) in [5.41, 5.74) is 2.92. The molecule has 1 N–H and O–H groups in total. The summed E-state index contributed by atoms with van der Waals surface area (Å²) in [7, 11) is -3.93. The number of hydrogen-bond acceptors (Lipinski definition) is 4. The van der Waals surface area contributed by atoms with E-state index in [4.69, 9.17) is 23.2 Å². The van der Waals surface area contributed by atoms with Crippen molar-refractivity contribution in [3.8, 4) is 0 Å². The van der Waals surface area contributed by atoms with Gasteiger partial charge in [-0.25, -0.2) is 8.42 Å². The average Bonchev–Trinajstić information content (AvgIpc) is 2.95. The Hall–Kier alpha value is -3.07. The van der Waals surface area contributed by atoms with Crippen LogP contribution in [0.15, 0.2) is 72.8 Å². The molecule has 7 nitrogen and oxygen atoms in total. The van der Waals surface area contributed by atoms with E-state index in [1.165, 1.54) is 23.1 Å². The monoisotopic (exact) mass is 629 g/mol. The summed E-state index contributed by atoms with van der Waals surface area (Å²) >= 11 is 12.4. The number of anilines is 1. The lowest BCUT2D eigenvalue weighted by Crippen LogP contribution is -2.55. The van der Waals surface area contributed by atoms with Gasteiger partial charge in [0.05, 0.1) is 17.0 Å². The zero-order chi connectivity index (χ0) is 30.3. The predicted octanol–water partition coefficient (Wildman–Crippen LogP) is 6.16. The molecule has 0 spiro atoms. The van der Waals surface area contributed by atoms with Crippen molar-refractivity contribution in [2.24, 2.45) is 0 Å². The third kappa shape index (κ3) is 8.72. The Morgan fingerprint density at radius 3 is 2.21 bits per heavy atom. The third-order valence-corrected chi connectivity index (χ3v) is 9.22. The minimum atomic E-state index is -3.93. The first-order chi connectivity index (χ1) is 20.0. The van der Waals surface area contributed by atoms with Gasteiger partial charge in [-0.05, 0) is 49.1 Å². The van der Waals surface area contributed by atoms with Crippen molar-refractivity contribution in [3.63, 3.8) is 0 Å². The highest BCUT2D eigenvalue weighted by molar-refractivity contribution is 7.92. The number of halogens is 2. The topological polar surface area (TPSA) is 86.8 Å². The molecule has 0 bridgehead atoms. The number of rotatable bonds is 11. The second-order valence-corrected chi connectivity index (χ2v) is 13.7. The number of sulfonamides is 1. The lowest BCUT2D eigenvalue weighted by Gasteiger charge is -2.35. The van der Waals surface area contributed by atoms with Gasteiger partial charge in [0.15, 0.2) is 0 Å². The highest BCUT2D eigenvalue weighted by Crippen LogP contribution is 2.31. The van der Waals surface area contributed by atoms with Gasteiger partial charge in [-0.3, -0.25) is 13.9 Å². The maximum absolute atomic E-state index is 14.2. The second kappa shape index (κ2) is 14.4. The maximum Gasteiger partial charge on any atom is 0.244 e. The van der Waals surface area contributed by atoms with E-state index in [-0.39, 0.29) is 35.6 Å². The van der Waals surface area contributed by atoms with E-state index in [1.807, 2.05) is 61.5 Å². The van der Waals surface area contributed by atoms with Crippen molar-refractivity contribution in [1.29, 1.82) is 0 Å². The predicted molar refractivity (Wildman–Crippen MR) is 169 cm³/mol. The Morgan fingerprint density at radius 2 is 1.60 bits per heavy atom. The summed E-state index contributed by atoms with van der Waals surface area (Å²) in [5, 5.41) is 3.64. The Bertz CT molecular complexity index is 1480. The molecule has 4 rings (SSSR count). The number of carbonyl (C=O) groups is 2. The quantitative estimate of drug-likeness (QED) is 0.275. The normalized spacial score (nSPS) is 14.7. The average molecular weight is 631 g/mol. The number of nitrogens with zero attached hydrogens (tertiary/aromatic N) is 2. The first-order valence-corrected chi connectivity index (χ1v) is 16.7. The van der Waals surface area contributed by atoms with Gasteiger partial charge in [0.2, 0.25) is 21.8 Å². The molecule has 3 aromatic carbocycles. The molecule has 1 aliphatic carbocycles. The molecular weight excluding hydrogens is 593 g/mol. The van der Waals surface area contributed by atoms with Crippen molar-refractivity contribution in [2.45, 2.75) is 64.1 Å². The first kappa shape index (κ1) is 31.9. The van der Waals surface area contributed by atoms with Crippen LogP contribution in [-0.4, -0.2) is 50.0 Å². The highest BCUT2D eigenvalue weighted by Gasteiger charge is 2.34. The van der Waals surface area contributed by atoms with Gasteiger partial charge in [-0.2, -0.15) is 0 Å². The fraction of sp³-hybridized carbons (Fsp3) is 0.375. The van der Waals surface area contributed by atoms with Gasteiger partial charge in [0.25, 0.3) is 0 Å². The minimum Gasteiger partial charge on any atom is -0.352 e. The van der Waals surface area contributed by atoms with E-state index < -0.39 is 28.5 Å². The van der Waals surface area contributed by atoms with Gasteiger partial charge in [-0.15, -0.1) is 0 Å². The highest BCUT2D eigenvalue weighted by atomic mass is 35.5. The molecule has 224 valence electrons. The minimum absolute atomic E-state index is 0.0428. The fourth-order valence-electron chi connectivity index (χ4n) is 5.27. The number of amides is 2. The number of nitrogens with one attached hydrogen (secondary N) is 1. The third-order valence-electron chi connectivity index (χ3n) is 7.55. The van der Waals surface area contributed by atoms with Crippen LogP contribution in [0.25, 0.3) is 0 Å². The molecule has 0 aromatic heterocycles. The lowest BCUT2D eigenvalue weighted by molar-refractivity contribution is -0.140.